The van der Waals surface area contributed by atoms with Crippen molar-refractivity contribution in [1.82, 2.24) is 9.55 Å². The van der Waals surface area contributed by atoms with Gasteiger partial charge in [-0.3, -0.25) is 0 Å². The molecule has 1 aromatic heterocycles. The van der Waals surface area contributed by atoms with Crippen molar-refractivity contribution >= 4 is 11.0 Å². The first-order valence-corrected chi connectivity index (χ1v) is 11.3. The molecule has 0 saturated heterocycles. The van der Waals surface area contributed by atoms with Gasteiger partial charge in [0, 0.05) is 12.5 Å². The first kappa shape index (κ1) is 20.7. The van der Waals surface area contributed by atoms with Crippen LogP contribution in [0.25, 0.3) is 11.0 Å². The van der Waals surface area contributed by atoms with E-state index in [2.05, 4.69) is 75.6 Å². The van der Waals surface area contributed by atoms with Crippen LogP contribution in [-0.4, -0.2) is 9.55 Å². The normalized spacial score (nSPS) is 21.1. The zero-order valence-electron chi connectivity index (χ0n) is 18.9. The minimum absolute atomic E-state index is 0.335. The summed E-state index contributed by atoms with van der Waals surface area (Å²) in [6, 6.07) is 17.7. The predicted octanol–water partition coefficient (Wildman–Crippen LogP) is 7.01. The number of fused-ring (bicyclic) bond motifs is 1. The fraction of sp³-hybridized carbons (Fsp3) is 0.481. The van der Waals surface area contributed by atoms with Crippen LogP contribution in [-0.2, 0) is 6.42 Å². The molecule has 30 heavy (non-hydrogen) atoms. The Labute approximate surface area is 180 Å². The average molecular weight is 400 g/mol. The van der Waals surface area contributed by atoms with Gasteiger partial charge in [-0.1, -0.05) is 58.9 Å². The van der Waals surface area contributed by atoms with Crippen LogP contribution in [0.1, 0.15) is 88.4 Å². The number of nitriles is 1. The number of aromatic nitrogens is 2. The molecule has 3 heteroatoms. The van der Waals surface area contributed by atoms with Crippen molar-refractivity contribution in [3.05, 3.63) is 65.0 Å². The van der Waals surface area contributed by atoms with E-state index in [-0.39, 0.29) is 0 Å². The molecule has 2 atom stereocenters. The van der Waals surface area contributed by atoms with Crippen LogP contribution in [0.4, 0.5) is 0 Å². The van der Waals surface area contributed by atoms with Gasteiger partial charge in [-0.2, -0.15) is 5.26 Å². The van der Waals surface area contributed by atoms with Gasteiger partial charge in [-0.15, -0.1) is 0 Å². The van der Waals surface area contributed by atoms with Crippen LogP contribution in [0.2, 0.25) is 0 Å². The Hall–Kier alpha value is -2.60. The van der Waals surface area contributed by atoms with E-state index in [1.165, 1.54) is 30.4 Å². The van der Waals surface area contributed by atoms with E-state index in [1.54, 1.807) is 0 Å². The smallest absolute Gasteiger partial charge is 0.114 e. The highest BCUT2D eigenvalue weighted by molar-refractivity contribution is 5.78. The van der Waals surface area contributed by atoms with Gasteiger partial charge in [0.2, 0.25) is 0 Å². The average Bonchev–Trinajstić information content (AvgIpc) is 3.03. The van der Waals surface area contributed by atoms with Crippen LogP contribution >= 0.6 is 0 Å². The topological polar surface area (TPSA) is 41.6 Å². The third-order valence-corrected chi connectivity index (χ3v) is 6.63. The fourth-order valence-corrected chi connectivity index (χ4v) is 5.45. The minimum Gasteiger partial charge on any atom is -0.325 e. The van der Waals surface area contributed by atoms with Crippen molar-refractivity contribution < 1.29 is 0 Å². The summed E-state index contributed by atoms with van der Waals surface area (Å²) >= 11 is 0. The van der Waals surface area contributed by atoms with Crippen molar-refractivity contribution in [2.75, 3.05) is 0 Å². The molecule has 156 valence electrons. The third kappa shape index (κ3) is 4.15. The van der Waals surface area contributed by atoms with Gasteiger partial charge in [-0.25, -0.2) is 4.98 Å². The molecular weight excluding hydrogens is 366 g/mol. The predicted molar refractivity (Wildman–Crippen MR) is 124 cm³/mol. The van der Waals surface area contributed by atoms with E-state index < -0.39 is 0 Å². The maximum absolute atomic E-state index is 9.35. The number of nitrogens with zero attached hydrogens (tertiary/aromatic N) is 3. The molecular formula is C27H33N3. The molecule has 1 aliphatic carbocycles. The highest BCUT2D eigenvalue weighted by Gasteiger charge is 2.34. The molecule has 1 fully saturated rings. The van der Waals surface area contributed by atoms with Crippen molar-refractivity contribution in [3.8, 4) is 6.07 Å². The molecule has 0 bridgehead atoms. The first-order valence-electron chi connectivity index (χ1n) is 11.3. The number of benzene rings is 2. The van der Waals surface area contributed by atoms with Gasteiger partial charge in [-0.05, 0) is 65.8 Å². The zero-order chi connectivity index (χ0) is 21.5. The lowest BCUT2D eigenvalue weighted by atomic mass is 9.70. The van der Waals surface area contributed by atoms with Crippen molar-refractivity contribution in [1.29, 1.82) is 5.26 Å². The Morgan fingerprint density at radius 1 is 1.13 bits per heavy atom. The second-order valence-electron chi connectivity index (χ2n) is 10.4. The highest BCUT2D eigenvalue weighted by Crippen LogP contribution is 2.45. The van der Waals surface area contributed by atoms with Gasteiger partial charge in [0.05, 0.1) is 22.7 Å². The maximum Gasteiger partial charge on any atom is 0.114 e. The van der Waals surface area contributed by atoms with E-state index in [1.807, 2.05) is 12.1 Å². The quantitative estimate of drug-likeness (QED) is 0.473. The Kier molecular flexibility index (Phi) is 5.45. The Morgan fingerprint density at radius 3 is 2.50 bits per heavy atom. The van der Waals surface area contributed by atoms with E-state index >= 15 is 0 Å². The monoisotopic (exact) mass is 399 g/mol. The van der Waals surface area contributed by atoms with Crippen molar-refractivity contribution in [2.24, 2.45) is 11.3 Å². The zero-order valence-corrected chi connectivity index (χ0v) is 18.9. The summed E-state index contributed by atoms with van der Waals surface area (Å²) < 4.78 is 2.49. The van der Waals surface area contributed by atoms with E-state index in [9.17, 15) is 5.26 Å². The van der Waals surface area contributed by atoms with Gasteiger partial charge in [0.15, 0.2) is 0 Å². The summed E-state index contributed by atoms with van der Waals surface area (Å²) in [6.07, 6.45) is 4.46. The Balaban J connectivity index is 1.77. The summed E-state index contributed by atoms with van der Waals surface area (Å²) in [7, 11) is 0. The number of imidazole rings is 1. The molecule has 0 amide bonds. The lowest BCUT2D eigenvalue weighted by molar-refractivity contribution is 0.137. The molecule has 1 heterocycles. The van der Waals surface area contributed by atoms with Gasteiger partial charge < -0.3 is 4.57 Å². The summed E-state index contributed by atoms with van der Waals surface area (Å²) in [6.45, 7) is 11.6. The van der Waals surface area contributed by atoms with Crippen molar-refractivity contribution in [2.45, 2.75) is 72.3 Å². The Morgan fingerprint density at radius 2 is 1.87 bits per heavy atom. The highest BCUT2D eigenvalue weighted by atomic mass is 15.1. The molecule has 0 N–H and O–H groups in total. The summed E-state index contributed by atoms with van der Waals surface area (Å²) in [5.74, 6) is 2.36. The molecule has 0 aliphatic heterocycles. The Bertz CT molecular complexity index is 1080. The summed E-state index contributed by atoms with van der Waals surface area (Å²) in [5, 5.41) is 9.35. The van der Waals surface area contributed by atoms with Gasteiger partial charge in [0.1, 0.15) is 5.82 Å². The molecule has 2 unspecified atom stereocenters. The van der Waals surface area contributed by atoms with E-state index in [0.29, 0.717) is 28.9 Å². The number of hydrogen-bond acceptors (Lipinski definition) is 2. The third-order valence-electron chi connectivity index (χ3n) is 6.63. The van der Waals surface area contributed by atoms with Crippen molar-refractivity contribution in [3.63, 3.8) is 0 Å². The van der Waals surface area contributed by atoms with E-state index in [4.69, 9.17) is 4.98 Å². The lowest BCUT2D eigenvalue weighted by Gasteiger charge is -2.40. The molecule has 0 spiro atoms. The summed E-state index contributed by atoms with van der Waals surface area (Å²) in [5.41, 5.74) is 5.78. The molecule has 1 saturated carbocycles. The van der Waals surface area contributed by atoms with E-state index in [0.717, 1.165) is 23.3 Å². The fourth-order valence-electron chi connectivity index (χ4n) is 5.45. The molecule has 0 radical (unpaired) electrons. The largest absolute Gasteiger partial charge is 0.325 e. The molecule has 4 rings (SSSR count). The van der Waals surface area contributed by atoms with Gasteiger partial charge >= 0.3 is 0 Å². The van der Waals surface area contributed by atoms with Crippen LogP contribution < -0.4 is 0 Å². The van der Waals surface area contributed by atoms with Crippen LogP contribution in [0.3, 0.4) is 0 Å². The molecule has 2 aromatic carbocycles. The van der Waals surface area contributed by atoms with Gasteiger partial charge in [0.25, 0.3) is 0 Å². The second-order valence-corrected chi connectivity index (χ2v) is 10.4. The van der Waals surface area contributed by atoms with Crippen LogP contribution in [0.5, 0.6) is 0 Å². The van der Waals surface area contributed by atoms with Crippen LogP contribution in [0.15, 0.2) is 42.5 Å². The lowest BCUT2D eigenvalue weighted by Crippen LogP contribution is -2.30. The number of hydrogen-bond donors (Lipinski definition) is 0. The first-order chi connectivity index (χ1) is 14.3. The molecule has 1 aliphatic rings. The SMILES string of the molecule is CC1CC(n2c(Cc3ccc(C(C)C)cc3)nc3cc(C#N)ccc32)CC(C)(C)C1. The standard InChI is InChI=1S/C27H33N3/c1-18(2)22-9-6-20(7-10-22)14-26-29-24-13-21(17-28)8-11-25(24)30(26)23-12-19(3)15-27(4,5)16-23/h6-11,13,18-19,23H,12,14-16H2,1-5H3. The molecule has 3 nitrogen and oxygen atoms in total. The number of rotatable bonds is 4. The van der Waals surface area contributed by atoms with Crippen LogP contribution in [0, 0.1) is 22.7 Å². The maximum atomic E-state index is 9.35. The second kappa shape index (κ2) is 7.91. The molecule has 3 aromatic rings. The minimum atomic E-state index is 0.335. The summed E-state index contributed by atoms with van der Waals surface area (Å²) in [4.78, 5) is 5.03.